The molecule has 0 saturated carbocycles. The summed E-state index contributed by atoms with van der Waals surface area (Å²) in [4.78, 5) is 38.2. The maximum atomic E-state index is 12.7. The van der Waals surface area contributed by atoms with Crippen molar-refractivity contribution in [3.05, 3.63) is 53.6 Å². The Hall–Kier alpha value is -2.80. The normalized spacial score (nSPS) is 14.1. The molecular weight excluding hydrogens is 376 g/mol. The minimum Gasteiger partial charge on any atom is -0.482 e. The zero-order chi connectivity index (χ0) is 20.3. The lowest BCUT2D eigenvalue weighted by Crippen LogP contribution is -2.35. The molecule has 2 aromatic carbocycles. The van der Waals surface area contributed by atoms with Gasteiger partial charge < -0.3 is 15.0 Å². The van der Waals surface area contributed by atoms with Crippen molar-refractivity contribution >= 4 is 40.7 Å². The van der Waals surface area contributed by atoms with Crippen molar-refractivity contribution in [3.63, 3.8) is 0 Å². The van der Waals surface area contributed by atoms with E-state index in [-0.39, 0.29) is 30.0 Å². The van der Waals surface area contributed by atoms with Crippen LogP contribution < -0.4 is 15.0 Å². The Balaban J connectivity index is 1.60. The van der Waals surface area contributed by atoms with Crippen LogP contribution in [0.2, 0.25) is 0 Å². The Kier molecular flexibility index (Phi) is 6.04. The summed E-state index contributed by atoms with van der Waals surface area (Å²) in [6.07, 6.45) is 0. The number of Topliss-reactive ketones (excluding diaryl/α,β-unsaturated/α-hetero) is 1. The molecule has 1 aliphatic rings. The van der Waals surface area contributed by atoms with E-state index >= 15 is 0 Å². The summed E-state index contributed by atoms with van der Waals surface area (Å²) in [7, 11) is 1.66. The highest BCUT2D eigenvalue weighted by atomic mass is 32.2. The van der Waals surface area contributed by atoms with E-state index < -0.39 is 5.25 Å². The van der Waals surface area contributed by atoms with E-state index in [2.05, 4.69) is 5.32 Å². The van der Waals surface area contributed by atoms with Gasteiger partial charge in [0, 0.05) is 18.3 Å². The van der Waals surface area contributed by atoms with Gasteiger partial charge in [-0.05, 0) is 49.7 Å². The Labute approximate surface area is 168 Å². The van der Waals surface area contributed by atoms with Gasteiger partial charge in [-0.25, -0.2) is 0 Å². The van der Waals surface area contributed by atoms with Gasteiger partial charge in [0.25, 0.3) is 5.91 Å². The lowest BCUT2D eigenvalue weighted by Gasteiger charge is -2.26. The lowest BCUT2D eigenvalue weighted by molar-refractivity contribution is -0.121. The number of aryl methyl sites for hydroxylation is 1. The van der Waals surface area contributed by atoms with E-state index in [1.54, 1.807) is 32.2 Å². The smallest absolute Gasteiger partial charge is 0.264 e. The number of carbonyl (C=O) groups excluding carboxylic acids is 3. The van der Waals surface area contributed by atoms with Crippen LogP contribution in [0.5, 0.6) is 5.75 Å². The van der Waals surface area contributed by atoms with E-state index in [1.807, 2.05) is 31.2 Å². The standard InChI is InChI=1S/C21H22N2O4S/c1-13-5-4-6-16(9-13)22-19(24)12-28-14(2)21(26)15-7-8-18-17(10-15)23(3)20(25)11-27-18/h4-10,14H,11-12H2,1-3H3,(H,22,24). The van der Waals surface area contributed by atoms with E-state index in [1.165, 1.54) is 16.7 Å². The Morgan fingerprint density at radius 1 is 1.25 bits per heavy atom. The predicted molar refractivity (Wildman–Crippen MR) is 111 cm³/mol. The number of ether oxygens (including phenoxy) is 1. The van der Waals surface area contributed by atoms with E-state index in [4.69, 9.17) is 4.74 Å². The highest BCUT2D eigenvalue weighted by Gasteiger charge is 2.25. The molecule has 28 heavy (non-hydrogen) atoms. The van der Waals surface area contributed by atoms with E-state index in [9.17, 15) is 14.4 Å². The molecule has 0 saturated heterocycles. The van der Waals surface area contributed by atoms with Crippen LogP contribution in [0, 0.1) is 6.92 Å². The fourth-order valence-electron chi connectivity index (χ4n) is 2.86. The van der Waals surface area contributed by atoms with Crippen LogP contribution in [0.15, 0.2) is 42.5 Å². The molecule has 0 aromatic heterocycles. The van der Waals surface area contributed by atoms with Crippen molar-refractivity contribution in [2.45, 2.75) is 19.1 Å². The largest absolute Gasteiger partial charge is 0.482 e. The first-order valence-corrected chi connectivity index (χ1v) is 9.96. The van der Waals surface area contributed by atoms with Crippen LogP contribution >= 0.6 is 11.8 Å². The van der Waals surface area contributed by atoms with Crippen molar-refractivity contribution in [1.29, 1.82) is 0 Å². The number of nitrogens with one attached hydrogen (secondary N) is 1. The van der Waals surface area contributed by atoms with Crippen LogP contribution in [-0.4, -0.2) is 42.3 Å². The predicted octanol–water partition coefficient (Wildman–Crippen LogP) is 3.29. The number of benzene rings is 2. The van der Waals surface area contributed by atoms with Crippen molar-refractivity contribution < 1.29 is 19.1 Å². The number of likely N-dealkylation sites (N-methyl/N-ethyl adjacent to an activating group) is 1. The molecule has 1 N–H and O–H groups in total. The third-order valence-electron chi connectivity index (χ3n) is 4.47. The molecule has 2 aromatic rings. The van der Waals surface area contributed by atoms with Gasteiger partial charge in [0.15, 0.2) is 12.4 Å². The van der Waals surface area contributed by atoms with Crippen molar-refractivity contribution in [1.82, 2.24) is 0 Å². The lowest BCUT2D eigenvalue weighted by atomic mass is 10.1. The number of fused-ring (bicyclic) bond motifs is 1. The quantitative estimate of drug-likeness (QED) is 0.756. The first-order valence-electron chi connectivity index (χ1n) is 8.91. The number of anilines is 2. The Bertz CT molecular complexity index is 928. The Morgan fingerprint density at radius 3 is 2.79 bits per heavy atom. The highest BCUT2D eigenvalue weighted by molar-refractivity contribution is 8.01. The summed E-state index contributed by atoms with van der Waals surface area (Å²) in [6, 6.07) is 12.6. The van der Waals surface area contributed by atoms with Crippen LogP contribution in [-0.2, 0) is 9.59 Å². The molecule has 1 atom stereocenters. The summed E-state index contributed by atoms with van der Waals surface area (Å²) in [5, 5.41) is 2.44. The second-order valence-electron chi connectivity index (χ2n) is 6.66. The minimum absolute atomic E-state index is 0.000895. The number of amides is 2. The van der Waals surface area contributed by atoms with Crippen LogP contribution in [0.1, 0.15) is 22.8 Å². The first-order chi connectivity index (χ1) is 13.3. The number of nitrogens with zero attached hydrogens (tertiary/aromatic N) is 1. The molecule has 1 heterocycles. The molecule has 7 heteroatoms. The fraction of sp³-hybridized carbons (Fsp3) is 0.286. The summed E-state index contributed by atoms with van der Waals surface area (Å²) >= 11 is 1.28. The molecule has 3 rings (SSSR count). The zero-order valence-electron chi connectivity index (χ0n) is 16.0. The Morgan fingerprint density at radius 2 is 2.04 bits per heavy atom. The van der Waals surface area contributed by atoms with Crippen molar-refractivity contribution in [2.75, 3.05) is 29.6 Å². The SMILES string of the molecule is Cc1cccc(NC(=O)CSC(C)C(=O)c2ccc3c(c2)N(C)C(=O)CO3)c1. The average Bonchev–Trinajstić information content (AvgIpc) is 2.68. The summed E-state index contributed by atoms with van der Waals surface area (Å²) < 4.78 is 5.38. The molecule has 2 amide bonds. The zero-order valence-corrected chi connectivity index (χ0v) is 16.8. The molecule has 0 fully saturated rings. The third kappa shape index (κ3) is 4.54. The van der Waals surface area contributed by atoms with Gasteiger partial charge in [-0.2, -0.15) is 0 Å². The molecule has 6 nitrogen and oxygen atoms in total. The molecule has 1 aliphatic heterocycles. The number of hydrogen-bond acceptors (Lipinski definition) is 5. The van der Waals surface area contributed by atoms with E-state index in [0.29, 0.717) is 17.0 Å². The first kappa shape index (κ1) is 19.9. The van der Waals surface area contributed by atoms with Gasteiger partial charge in [-0.15, -0.1) is 11.8 Å². The number of ketones is 1. The summed E-state index contributed by atoms with van der Waals surface area (Å²) in [6.45, 7) is 3.73. The molecule has 146 valence electrons. The highest BCUT2D eigenvalue weighted by Crippen LogP contribution is 2.33. The fourth-order valence-corrected chi connectivity index (χ4v) is 3.62. The van der Waals surface area contributed by atoms with Gasteiger partial charge in [-0.1, -0.05) is 12.1 Å². The molecule has 0 aliphatic carbocycles. The second-order valence-corrected chi connectivity index (χ2v) is 7.99. The number of rotatable bonds is 6. The van der Waals surface area contributed by atoms with Gasteiger partial charge in [-0.3, -0.25) is 14.4 Å². The van der Waals surface area contributed by atoms with Gasteiger partial charge in [0.2, 0.25) is 5.91 Å². The molecule has 1 unspecified atom stereocenters. The van der Waals surface area contributed by atoms with Gasteiger partial charge in [0.1, 0.15) is 5.75 Å². The van der Waals surface area contributed by atoms with Crippen LogP contribution in [0.4, 0.5) is 11.4 Å². The van der Waals surface area contributed by atoms with Crippen LogP contribution in [0.3, 0.4) is 0 Å². The maximum Gasteiger partial charge on any atom is 0.264 e. The average molecular weight is 398 g/mol. The number of thioether (sulfide) groups is 1. The minimum atomic E-state index is -0.396. The molecule has 0 radical (unpaired) electrons. The van der Waals surface area contributed by atoms with Gasteiger partial charge >= 0.3 is 0 Å². The second kappa shape index (κ2) is 8.48. The van der Waals surface area contributed by atoms with Crippen molar-refractivity contribution in [2.24, 2.45) is 0 Å². The maximum absolute atomic E-state index is 12.7. The summed E-state index contributed by atoms with van der Waals surface area (Å²) in [5.41, 5.74) is 2.88. The topological polar surface area (TPSA) is 75.7 Å². The van der Waals surface area contributed by atoms with E-state index in [0.717, 1.165) is 11.3 Å². The third-order valence-corrected chi connectivity index (χ3v) is 5.61. The van der Waals surface area contributed by atoms with Crippen molar-refractivity contribution in [3.8, 4) is 5.75 Å². The van der Waals surface area contributed by atoms with Gasteiger partial charge in [0.05, 0.1) is 16.7 Å². The number of hydrogen-bond donors (Lipinski definition) is 1. The molecular formula is C21H22N2O4S. The van der Waals surface area contributed by atoms with Crippen LogP contribution in [0.25, 0.3) is 0 Å². The molecule has 0 bridgehead atoms. The summed E-state index contributed by atoms with van der Waals surface area (Å²) in [5.74, 6) is 0.346. The number of carbonyl (C=O) groups is 3. The molecule has 0 spiro atoms. The monoisotopic (exact) mass is 398 g/mol.